The normalized spacial score (nSPS) is 12.1. The lowest BCUT2D eigenvalue weighted by Crippen LogP contribution is -2.29. The predicted molar refractivity (Wildman–Crippen MR) is 76.4 cm³/mol. The molecule has 0 aliphatic heterocycles. The second kappa shape index (κ2) is 6.03. The van der Waals surface area contributed by atoms with E-state index in [4.69, 9.17) is 11.6 Å². The summed E-state index contributed by atoms with van der Waals surface area (Å²) >= 11 is 7.47. The van der Waals surface area contributed by atoms with E-state index in [1.54, 1.807) is 0 Å². The Morgan fingerprint density at radius 1 is 1.33 bits per heavy atom. The van der Waals surface area contributed by atoms with E-state index in [0.29, 0.717) is 5.88 Å². The highest BCUT2D eigenvalue weighted by atomic mass is 35.5. The summed E-state index contributed by atoms with van der Waals surface area (Å²) in [6.45, 7) is 1.93. The summed E-state index contributed by atoms with van der Waals surface area (Å²) < 4.78 is 0. The number of alkyl halides is 1. The van der Waals surface area contributed by atoms with E-state index in [-0.39, 0.29) is 11.9 Å². The first-order valence-electron chi connectivity index (χ1n) is 5.67. The fourth-order valence-electron chi connectivity index (χ4n) is 1.73. The van der Waals surface area contributed by atoms with Crippen LogP contribution in [0.15, 0.2) is 41.1 Å². The minimum absolute atomic E-state index is 0.0664. The molecule has 2 aromatic rings. The Labute approximate surface area is 116 Å². The molecule has 4 heteroatoms. The van der Waals surface area contributed by atoms with Crippen LogP contribution in [-0.2, 0) is 0 Å². The van der Waals surface area contributed by atoms with Gasteiger partial charge >= 0.3 is 0 Å². The molecule has 0 fully saturated rings. The number of carbonyl (C=O) groups excluding carboxylic acids is 1. The minimum Gasteiger partial charge on any atom is -0.344 e. The molecule has 0 radical (unpaired) electrons. The number of carbonyl (C=O) groups is 1. The van der Waals surface area contributed by atoms with Crippen LogP contribution in [0.4, 0.5) is 0 Å². The highest BCUT2D eigenvalue weighted by Gasteiger charge is 2.16. The van der Waals surface area contributed by atoms with Crippen molar-refractivity contribution in [3.8, 4) is 0 Å². The maximum absolute atomic E-state index is 12.1. The predicted octanol–water partition coefficient (Wildman–Crippen LogP) is 3.77. The van der Waals surface area contributed by atoms with Gasteiger partial charge in [-0.05, 0) is 23.4 Å². The van der Waals surface area contributed by atoms with E-state index < -0.39 is 0 Å². The molecule has 0 spiro atoms. The SMILES string of the molecule is Cc1cscc1C(=O)NC(CCl)c1ccccc1. The molecule has 0 aliphatic carbocycles. The summed E-state index contributed by atoms with van der Waals surface area (Å²) in [5.41, 5.74) is 2.75. The summed E-state index contributed by atoms with van der Waals surface area (Å²) in [7, 11) is 0. The van der Waals surface area contributed by atoms with Gasteiger partial charge in [-0.25, -0.2) is 0 Å². The van der Waals surface area contributed by atoms with Crippen LogP contribution in [0.5, 0.6) is 0 Å². The molecule has 0 saturated heterocycles. The van der Waals surface area contributed by atoms with Crippen LogP contribution in [0.2, 0.25) is 0 Å². The molecule has 1 heterocycles. The topological polar surface area (TPSA) is 29.1 Å². The summed E-state index contributed by atoms with van der Waals surface area (Å²) in [5.74, 6) is 0.294. The van der Waals surface area contributed by atoms with Crippen molar-refractivity contribution in [3.05, 3.63) is 57.8 Å². The zero-order chi connectivity index (χ0) is 13.0. The maximum atomic E-state index is 12.1. The number of rotatable bonds is 4. The maximum Gasteiger partial charge on any atom is 0.252 e. The van der Waals surface area contributed by atoms with Gasteiger partial charge in [-0.2, -0.15) is 11.3 Å². The van der Waals surface area contributed by atoms with E-state index in [0.717, 1.165) is 16.7 Å². The standard InChI is InChI=1S/C14H14ClNOS/c1-10-8-18-9-12(10)14(17)16-13(7-15)11-5-3-2-4-6-11/h2-6,8-9,13H,7H2,1H3,(H,16,17). The lowest BCUT2D eigenvalue weighted by molar-refractivity contribution is 0.0940. The fourth-order valence-corrected chi connectivity index (χ4v) is 2.81. The van der Waals surface area contributed by atoms with Gasteiger partial charge in [-0.3, -0.25) is 4.79 Å². The Morgan fingerprint density at radius 3 is 2.61 bits per heavy atom. The number of hydrogen-bond donors (Lipinski definition) is 1. The van der Waals surface area contributed by atoms with Crippen molar-refractivity contribution in [1.82, 2.24) is 5.32 Å². The summed E-state index contributed by atoms with van der Waals surface area (Å²) in [5, 5.41) is 6.79. The molecule has 0 saturated carbocycles. The van der Waals surface area contributed by atoms with Crippen LogP contribution in [0.3, 0.4) is 0 Å². The smallest absolute Gasteiger partial charge is 0.252 e. The van der Waals surface area contributed by atoms with Gasteiger partial charge < -0.3 is 5.32 Å². The zero-order valence-corrected chi connectivity index (χ0v) is 11.6. The first-order chi connectivity index (χ1) is 8.72. The third-order valence-electron chi connectivity index (χ3n) is 2.76. The second-order valence-corrected chi connectivity index (χ2v) is 5.11. The van der Waals surface area contributed by atoms with Gasteiger partial charge in [0.15, 0.2) is 0 Å². The largest absolute Gasteiger partial charge is 0.344 e. The molecule has 1 N–H and O–H groups in total. The minimum atomic E-state index is -0.153. The molecule has 1 atom stereocenters. The second-order valence-electron chi connectivity index (χ2n) is 4.06. The van der Waals surface area contributed by atoms with Gasteiger partial charge in [0.25, 0.3) is 5.91 Å². The Morgan fingerprint density at radius 2 is 2.06 bits per heavy atom. The van der Waals surface area contributed by atoms with Gasteiger partial charge in [0.05, 0.1) is 11.6 Å². The molecule has 0 aliphatic rings. The highest BCUT2D eigenvalue weighted by Crippen LogP contribution is 2.18. The molecule has 0 bridgehead atoms. The van der Waals surface area contributed by atoms with Crippen molar-refractivity contribution in [2.75, 3.05) is 5.88 Å². The van der Waals surface area contributed by atoms with Gasteiger partial charge in [-0.1, -0.05) is 30.3 Å². The first kappa shape index (κ1) is 13.1. The van der Waals surface area contributed by atoms with E-state index in [9.17, 15) is 4.79 Å². The molecule has 1 unspecified atom stereocenters. The first-order valence-corrected chi connectivity index (χ1v) is 7.14. The zero-order valence-electron chi connectivity index (χ0n) is 10.0. The van der Waals surface area contributed by atoms with Gasteiger partial charge in [-0.15, -0.1) is 11.6 Å². The number of amides is 1. The van der Waals surface area contributed by atoms with E-state index in [2.05, 4.69) is 5.32 Å². The summed E-state index contributed by atoms with van der Waals surface area (Å²) in [4.78, 5) is 12.1. The van der Waals surface area contributed by atoms with Crippen LogP contribution in [-0.4, -0.2) is 11.8 Å². The van der Waals surface area contributed by atoms with E-state index >= 15 is 0 Å². The molecule has 2 nitrogen and oxygen atoms in total. The summed E-state index contributed by atoms with van der Waals surface area (Å²) in [6, 6.07) is 9.61. The molecule has 18 heavy (non-hydrogen) atoms. The number of hydrogen-bond acceptors (Lipinski definition) is 2. The molecule has 1 aromatic carbocycles. The Hall–Kier alpha value is -1.32. The summed E-state index contributed by atoms with van der Waals surface area (Å²) in [6.07, 6.45) is 0. The monoisotopic (exact) mass is 279 g/mol. The van der Waals surface area contributed by atoms with Crippen LogP contribution >= 0.6 is 22.9 Å². The van der Waals surface area contributed by atoms with Crippen molar-refractivity contribution in [3.63, 3.8) is 0 Å². The average Bonchev–Trinajstić information content (AvgIpc) is 2.83. The van der Waals surface area contributed by atoms with Crippen LogP contribution < -0.4 is 5.32 Å². The Balaban J connectivity index is 2.13. The van der Waals surface area contributed by atoms with Crippen molar-refractivity contribution in [1.29, 1.82) is 0 Å². The lowest BCUT2D eigenvalue weighted by Gasteiger charge is -2.16. The van der Waals surface area contributed by atoms with E-state index in [1.165, 1.54) is 11.3 Å². The van der Waals surface area contributed by atoms with Gasteiger partial charge in [0.1, 0.15) is 0 Å². The Bertz CT molecular complexity index is 524. The number of nitrogens with one attached hydrogen (secondary N) is 1. The van der Waals surface area contributed by atoms with E-state index in [1.807, 2.05) is 48.0 Å². The molecule has 2 rings (SSSR count). The lowest BCUT2D eigenvalue weighted by atomic mass is 10.1. The molecule has 1 amide bonds. The van der Waals surface area contributed by atoms with Crippen molar-refractivity contribution < 1.29 is 4.79 Å². The van der Waals surface area contributed by atoms with Gasteiger partial charge in [0.2, 0.25) is 0 Å². The number of benzene rings is 1. The fraction of sp³-hybridized carbons (Fsp3) is 0.214. The third-order valence-corrected chi connectivity index (χ3v) is 3.93. The quantitative estimate of drug-likeness (QED) is 0.848. The average molecular weight is 280 g/mol. The molecular formula is C14H14ClNOS. The van der Waals surface area contributed by atoms with Crippen LogP contribution in [0.1, 0.15) is 27.5 Å². The van der Waals surface area contributed by atoms with Gasteiger partial charge in [0, 0.05) is 11.3 Å². The molecule has 1 aromatic heterocycles. The Kier molecular flexibility index (Phi) is 4.39. The van der Waals surface area contributed by atoms with Crippen LogP contribution in [0.25, 0.3) is 0 Å². The highest BCUT2D eigenvalue weighted by molar-refractivity contribution is 7.08. The number of halogens is 1. The number of thiophene rings is 1. The number of aryl methyl sites for hydroxylation is 1. The van der Waals surface area contributed by atoms with Crippen molar-refractivity contribution in [2.45, 2.75) is 13.0 Å². The van der Waals surface area contributed by atoms with Crippen molar-refractivity contribution >= 4 is 28.8 Å². The van der Waals surface area contributed by atoms with Crippen molar-refractivity contribution in [2.24, 2.45) is 0 Å². The van der Waals surface area contributed by atoms with Crippen LogP contribution in [0, 0.1) is 6.92 Å². The molecule has 94 valence electrons. The third kappa shape index (κ3) is 2.92. The molecular weight excluding hydrogens is 266 g/mol.